The number of hydrogen-bond donors (Lipinski definition) is 3. The van der Waals surface area contributed by atoms with Crippen LogP contribution in [-0.4, -0.2) is 19.9 Å². The van der Waals surface area contributed by atoms with Gasteiger partial charge >= 0.3 is 0 Å². The van der Waals surface area contributed by atoms with Gasteiger partial charge in [-0.25, -0.2) is 0 Å². The van der Waals surface area contributed by atoms with E-state index >= 15 is 0 Å². The molecule has 0 rings (SSSR count). The smallest absolute Gasteiger partial charge is 0.0774 e. The van der Waals surface area contributed by atoms with Crippen LogP contribution in [0, 0.1) is 0 Å². The van der Waals surface area contributed by atoms with Gasteiger partial charge in [-0.1, -0.05) is 37.6 Å². The average molecular weight is 183 g/mol. The van der Waals surface area contributed by atoms with Crippen molar-refractivity contribution in [3.8, 4) is 0 Å². The summed E-state index contributed by atoms with van der Waals surface area (Å²) in [5, 5.41) is 6.15. The molecule has 0 heterocycles. The molecular formula is C10H21N3. The van der Waals surface area contributed by atoms with Crippen LogP contribution in [0.4, 0.5) is 0 Å². The molecule has 0 aliphatic carbocycles. The maximum absolute atomic E-state index is 5.35. The van der Waals surface area contributed by atoms with Gasteiger partial charge in [-0.3, -0.25) is 5.32 Å². The quantitative estimate of drug-likeness (QED) is 0.407. The van der Waals surface area contributed by atoms with Gasteiger partial charge in [0.15, 0.2) is 0 Å². The second-order valence-corrected chi connectivity index (χ2v) is 2.78. The number of allylic oxidation sites excluding steroid dienone is 3. The van der Waals surface area contributed by atoms with E-state index in [1.165, 1.54) is 6.42 Å². The molecule has 1 unspecified atom stereocenters. The van der Waals surface area contributed by atoms with Gasteiger partial charge in [0, 0.05) is 6.67 Å². The third-order valence-corrected chi connectivity index (χ3v) is 1.65. The molecule has 13 heavy (non-hydrogen) atoms. The van der Waals surface area contributed by atoms with Crippen LogP contribution in [0.2, 0.25) is 0 Å². The zero-order valence-corrected chi connectivity index (χ0v) is 8.59. The highest BCUT2D eigenvalue weighted by Gasteiger charge is 1.94. The van der Waals surface area contributed by atoms with Crippen LogP contribution in [-0.2, 0) is 0 Å². The van der Waals surface area contributed by atoms with E-state index in [0.29, 0.717) is 6.67 Å². The van der Waals surface area contributed by atoms with Gasteiger partial charge in [0.25, 0.3) is 0 Å². The molecule has 3 heteroatoms. The Morgan fingerprint density at radius 1 is 1.38 bits per heavy atom. The van der Waals surface area contributed by atoms with E-state index in [-0.39, 0.29) is 6.17 Å². The lowest BCUT2D eigenvalue weighted by Crippen LogP contribution is -2.41. The largest absolute Gasteiger partial charge is 0.318 e. The summed E-state index contributed by atoms with van der Waals surface area (Å²) in [5.41, 5.74) is 5.35. The highest BCUT2D eigenvalue weighted by molar-refractivity contribution is 5.05. The molecule has 0 radical (unpaired) electrons. The molecule has 76 valence electrons. The fraction of sp³-hybridized carbons (Fsp3) is 0.600. The third kappa shape index (κ3) is 7.71. The molecule has 4 N–H and O–H groups in total. The van der Waals surface area contributed by atoms with Crippen molar-refractivity contribution in [2.24, 2.45) is 5.73 Å². The molecule has 0 aliphatic heterocycles. The average Bonchev–Trinajstić information content (AvgIpc) is 2.16. The minimum absolute atomic E-state index is 0.163. The van der Waals surface area contributed by atoms with Gasteiger partial charge in [0.2, 0.25) is 0 Å². The van der Waals surface area contributed by atoms with Crippen LogP contribution in [0.15, 0.2) is 24.3 Å². The lowest BCUT2D eigenvalue weighted by molar-refractivity contribution is 0.542. The zero-order valence-electron chi connectivity index (χ0n) is 8.59. The number of rotatable bonds is 7. The van der Waals surface area contributed by atoms with Crippen molar-refractivity contribution in [1.82, 2.24) is 10.6 Å². The molecule has 0 fully saturated rings. The summed E-state index contributed by atoms with van der Waals surface area (Å²) in [6.45, 7) is 2.65. The first-order valence-corrected chi connectivity index (χ1v) is 4.79. The van der Waals surface area contributed by atoms with E-state index in [1.54, 1.807) is 0 Å². The Morgan fingerprint density at radius 3 is 2.69 bits per heavy atom. The van der Waals surface area contributed by atoms with Crippen molar-refractivity contribution in [3.05, 3.63) is 24.3 Å². The predicted molar refractivity (Wildman–Crippen MR) is 58.2 cm³/mol. The number of hydrogen-bond acceptors (Lipinski definition) is 3. The van der Waals surface area contributed by atoms with E-state index in [1.807, 2.05) is 19.2 Å². The van der Waals surface area contributed by atoms with E-state index in [4.69, 9.17) is 5.73 Å². The summed E-state index contributed by atoms with van der Waals surface area (Å²) in [6.07, 6.45) is 10.8. The number of nitrogens with one attached hydrogen (secondary N) is 2. The minimum Gasteiger partial charge on any atom is -0.318 e. The van der Waals surface area contributed by atoms with Crippen molar-refractivity contribution < 1.29 is 0 Å². The second-order valence-electron chi connectivity index (χ2n) is 2.78. The molecule has 0 saturated carbocycles. The summed E-state index contributed by atoms with van der Waals surface area (Å²) < 4.78 is 0. The Morgan fingerprint density at radius 2 is 2.15 bits per heavy atom. The van der Waals surface area contributed by atoms with Gasteiger partial charge in [-0.15, -0.1) is 0 Å². The predicted octanol–water partition coefficient (Wildman–Crippen LogP) is 0.950. The maximum Gasteiger partial charge on any atom is 0.0774 e. The molecule has 1 atom stereocenters. The number of unbranched alkanes of at least 4 members (excludes halogenated alkanes) is 1. The molecule has 3 nitrogen and oxygen atoms in total. The molecule has 0 aromatic carbocycles. The number of likely N-dealkylation sites (N-methyl/N-ethyl adjacent to an activating group) is 1. The Kier molecular flexibility index (Phi) is 8.98. The summed E-state index contributed by atoms with van der Waals surface area (Å²) in [4.78, 5) is 0. The van der Waals surface area contributed by atoms with E-state index < -0.39 is 0 Å². The molecular weight excluding hydrogens is 162 g/mol. The summed E-state index contributed by atoms with van der Waals surface area (Å²) in [7, 11) is 1.90. The normalized spacial score (nSPS) is 14.4. The SMILES string of the molecule is CCC/C=C\C=CC(NC)NCN. The minimum atomic E-state index is 0.163. The second kappa shape index (κ2) is 9.45. The molecule has 0 saturated heterocycles. The summed E-state index contributed by atoms with van der Waals surface area (Å²) in [6, 6.07) is 0. The molecule has 0 aromatic rings. The highest BCUT2D eigenvalue weighted by Crippen LogP contribution is 1.89. The van der Waals surface area contributed by atoms with Crippen LogP contribution in [0.5, 0.6) is 0 Å². The van der Waals surface area contributed by atoms with E-state index in [9.17, 15) is 0 Å². The fourth-order valence-corrected chi connectivity index (χ4v) is 0.910. The van der Waals surface area contributed by atoms with Gasteiger partial charge in [0.05, 0.1) is 6.17 Å². The van der Waals surface area contributed by atoms with Crippen molar-refractivity contribution in [1.29, 1.82) is 0 Å². The number of nitrogens with two attached hydrogens (primary N) is 1. The van der Waals surface area contributed by atoms with Crippen LogP contribution < -0.4 is 16.4 Å². The standard InChI is InChI=1S/C10H21N3/c1-3-4-5-6-7-8-10(12-2)13-9-11/h5-8,10,12-13H,3-4,9,11H2,1-2H3/b6-5-,8-7?. The Bertz CT molecular complexity index is 152. The van der Waals surface area contributed by atoms with Crippen LogP contribution >= 0.6 is 0 Å². The van der Waals surface area contributed by atoms with Crippen LogP contribution in [0.25, 0.3) is 0 Å². The Balaban J connectivity index is 3.65. The van der Waals surface area contributed by atoms with Gasteiger partial charge in [-0.2, -0.15) is 0 Å². The molecule has 0 bridgehead atoms. The summed E-state index contributed by atoms with van der Waals surface area (Å²) >= 11 is 0. The first-order chi connectivity index (χ1) is 6.35. The summed E-state index contributed by atoms with van der Waals surface area (Å²) in [5.74, 6) is 0. The van der Waals surface area contributed by atoms with Crippen molar-refractivity contribution >= 4 is 0 Å². The monoisotopic (exact) mass is 183 g/mol. The lowest BCUT2D eigenvalue weighted by Gasteiger charge is -2.10. The Hall–Kier alpha value is -0.640. The van der Waals surface area contributed by atoms with Crippen molar-refractivity contribution in [3.63, 3.8) is 0 Å². The molecule has 0 aromatic heterocycles. The van der Waals surface area contributed by atoms with E-state index in [2.05, 4.69) is 29.7 Å². The third-order valence-electron chi connectivity index (χ3n) is 1.65. The van der Waals surface area contributed by atoms with Crippen molar-refractivity contribution in [2.75, 3.05) is 13.7 Å². The molecule has 0 aliphatic rings. The van der Waals surface area contributed by atoms with Gasteiger partial charge in [-0.05, 0) is 13.5 Å². The Labute approximate surface area is 81.1 Å². The van der Waals surface area contributed by atoms with Crippen molar-refractivity contribution in [2.45, 2.75) is 25.9 Å². The topological polar surface area (TPSA) is 50.1 Å². The fourth-order valence-electron chi connectivity index (χ4n) is 0.910. The highest BCUT2D eigenvalue weighted by atomic mass is 15.1. The van der Waals surface area contributed by atoms with Gasteiger partial charge in [0.1, 0.15) is 0 Å². The zero-order chi connectivity index (χ0) is 9.94. The maximum atomic E-state index is 5.35. The first-order valence-electron chi connectivity index (χ1n) is 4.79. The van der Waals surface area contributed by atoms with E-state index in [0.717, 1.165) is 6.42 Å². The van der Waals surface area contributed by atoms with Gasteiger partial charge < -0.3 is 11.1 Å². The molecule has 0 amide bonds. The van der Waals surface area contributed by atoms with Crippen LogP contribution in [0.1, 0.15) is 19.8 Å². The molecule has 0 spiro atoms. The van der Waals surface area contributed by atoms with Crippen LogP contribution in [0.3, 0.4) is 0 Å². The lowest BCUT2D eigenvalue weighted by atomic mass is 10.3. The first kappa shape index (κ1) is 12.4.